The second-order valence-electron chi connectivity index (χ2n) is 5.75. The molecular formula is C18H16N2O7. The zero-order chi connectivity index (χ0) is 19.6. The molecule has 2 unspecified atom stereocenters. The number of carbonyl (C=O) groups is 2. The van der Waals surface area contributed by atoms with Gasteiger partial charge in [0, 0.05) is 11.6 Å². The zero-order valence-corrected chi connectivity index (χ0v) is 14.4. The summed E-state index contributed by atoms with van der Waals surface area (Å²) in [5.41, 5.74) is 1.26. The van der Waals surface area contributed by atoms with Crippen LogP contribution in [0.1, 0.15) is 23.0 Å². The van der Waals surface area contributed by atoms with E-state index in [1.54, 1.807) is 6.07 Å². The second kappa shape index (κ2) is 7.32. The van der Waals surface area contributed by atoms with Gasteiger partial charge in [0.15, 0.2) is 0 Å². The van der Waals surface area contributed by atoms with E-state index in [4.69, 9.17) is 9.47 Å². The maximum Gasteiger partial charge on any atom is 0.312 e. The van der Waals surface area contributed by atoms with E-state index >= 15 is 0 Å². The molecule has 9 heteroatoms. The molecule has 0 aliphatic heterocycles. The Kier molecular flexibility index (Phi) is 4.93. The van der Waals surface area contributed by atoms with E-state index in [0.717, 1.165) is 0 Å². The number of carboxylic acid groups (broad SMARTS) is 2. The second-order valence-corrected chi connectivity index (χ2v) is 5.75. The van der Waals surface area contributed by atoms with Crippen LogP contribution in [0.4, 0.5) is 0 Å². The molecule has 1 aromatic heterocycles. The summed E-state index contributed by atoms with van der Waals surface area (Å²) in [7, 11) is 2.84. The minimum Gasteiger partial charge on any atom is -0.497 e. The molecule has 0 aliphatic carbocycles. The minimum atomic E-state index is -1.40. The predicted octanol–water partition coefficient (Wildman–Crippen LogP) is 2.28. The molecule has 27 heavy (non-hydrogen) atoms. The number of hydrogen-bond acceptors (Lipinski definition) is 7. The third-order valence-electron chi connectivity index (χ3n) is 4.28. The van der Waals surface area contributed by atoms with Crippen LogP contribution in [0.5, 0.6) is 11.5 Å². The molecule has 2 atom stereocenters. The molecular weight excluding hydrogens is 356 g/mol. The van der Waals surface area contributed by atoms with Crippen molar-refractivity contribution in [2.75, 3.05) is 14.2 Å². The van der Waals surface area contributed by atoms with Crippen molar-refractivity contribution in [1.29, 1.82) is 0 Å². The molecule has 2 aromatic carbocycles. The van der Waals surface area contributed by atoms with Crippen LogP contribution in [0.15, 0.2) is 41.0 Å². The van der Waals surface area contributed by atoms with E-state index in [9.17, 15) is 19.8 Å². The molecule has 0 saturated carbocycles. The Morgan fingerprint density at radius 3 is 2.26 bits per heavy atom. The first-order valence-corrected chi connectivity index (χ1v) is 7.86. The smallest absolute Gasteiger partial charge is 0.312 e. The van der Waals surface area contributed by atoms with E-state index < -0.39 is 23.8 Å². The maximum absolute atomic E-state index is 12.1. The van der Waals surface area contributed by atoms with Gasteiger partial charge >= 0.3 is 11.9 Å². The highest BCUT2D eigenvalue weighted by Crippen LogP contribution is 2.40. The highest BCUT2D eigenvalue weighted by molar-refractivity contribution is 5.90. The van der Waals surface area contributed by atoms with E-state index in [0.29, 0.717) is 16.8 Å². The number of hydrogen-bond donors (Lipinski definition) is 2. The largest absolute Gasteiger partial charge is 0.497 e. The fourth-order valence-electron chi connectivity index (χ4n) is 3.00. The molecule has 0 amide bonds. The summed E-state index contributed by atoms with van der Waals surface area (Å²) in [5.74, 6) is -4.70. The van der Waals surface area contributed by atoms with Crippen LogP contribution in [-0.2, 0) is 9.59 Å². The van der Waals surface area contributed by atoms with Crippen LogP contribution >= 0.6 is 0 Å². The van der Waals surface area contributed by atoms with Gasteiger partial charge in [0.05, 0.1) is 20.1 Å². The molecule has 2 N–H and O–H groups in total. The Balaban J connectivity index is 2.15. The number of aromatic nitrogens is 2. The highest BCUT2D eigenvalue weighted by atomic mass is 16.6. The maximum atomic E-state index is 12.1. The van der Waals surface area contributed by atoms with Gasteiger partial charge in [-0.05, 0) is 34.1 Å². The van der Waals surface area contributed by atoms with Crippen LogP contribution < -0.4 is 9.47 Å². The van der Waals surface area contributed by atoms with Gasteiger partial charge in [-0.2, -0.15) is 0 Å². The molecule has 3 rings (SSSR count). The highest BCUT2D eigenvalue weighted by Gasteiger charge is 2.38. The van der Waals surface area contributed by atoms with Crippen molar-refractivity contribution in [3.63, 3.8) is 0 Å². The van der Waals surface area contributed by atoms with Crippen LogP contribution in [-0.4, -0.2) is 46.7 Å². The Hall–Kier alpha value is -3.62. The number of rotatable bonds is 7. The monoisotopic (exact) mass is 372 g/mol. The van der Waals surface area contributed by atoms with Crippen molar-refractivity contribution in [2.45, 2.75) is 11.8 Å². The van der Waals surface area contributed by atoms with Gasteiger partial charge in [-0.25, -0.2) is 4.63 Å². The van der Waals surface area contributed by atoms with Gasteiger partial charge in [0.2, 0.25) is 0 Å². The molecule has 0 saturated heterocycles. The fraction of sp³-hybridized carbons (Fsp3) is 0.222. The summed E-state index contributed by atoms with van der Waals surface area (Å²) in [6.07, 6.45) is 0. The summed E-state index contributed by atoms with van der Waals surface area (Å²) >= 11 is 0. The third kappa shape index (κ3) is 3.39. The van der Waals surface area contributed by atoms with Crippen molar-refractivity contribution >= 4 is 23.0 Å². The standard InChI is InChI=1S/C18H16N2O7/c1-25-10-4-5-11(14(8-10)26-2)16(18(23)24)15(17(21)22)9-3-6-12-13(7-9)20-27-19-12/h3-8,15-16H,1-2H3,(H,21,22)(H,23,24). The number of carboxylic acids is 2. The van der Waals surface area contributed by atoms with Crippen LogP contribution in [0.25, 0.3) is 11.0 Å². The van der Waals surface area contributed by atoms with Crippen LogP contribution in [0, 0.1) is 0 Å². The summed E-state index contributed by atoms with van der Waals surface area (Å²) in [4.78, 5) is 24.1. The van der Waals surface area contributed by atoms with Crippen molar-refractivity contribution < 1.29 is 33.9 Å². The molecule has 0 aliphatic rings. The SMILES string of the molecule is COc1ccc(C(C(=O)O)C(C(=O)O)c2ccc3nonc3c2)c(OC)c1. The van der Waals surface area contributed by atoms with E-state index in [1.807, 2.05) is 0 Å². The predicted molar refractivity (Wildman–Crippen MR) is 92.1 cm³/mol. The molecule has 1 heterocycles. The fourth-order valence-corrected chi connectivity index (χ4v) is 3.00. The Bertz CT molecular complexity index is 998. The lowest BCUT2D eigenvalue weighted by Crippen LogP contribution is -2.26. The van der Waals surface area contributed by atoms with E-state index in [1.165, 1.54) is 44.6 Å². The zero-order valence-electron chi connectivity index (χ0n) is 14.4. The Labute approximate surface area is 153 Å². The average molecular weight is 372 g/mol. The van der Waals surface area contributed by atoms with Crippen molar-refractivity contribution in [2.24, 2.45) is 0 Å². The van der Waals surface area contributed by atoms with Crippen molar-refractivity contribution in [3.8, 4) is 11.5 Å². The quantitative estimate of drug-likeness (QED) is 0.641. The molecule has 0 bridgehead atoms. The van der Waals surface area contributed by atoms with Gasteiger partial charge in [-0.1, -0.05) is 12.1 Å². The summed E-state index contributed by atoms with van der Waals surface area (Å²) < 4.78 is 15.0. The van der Waals surface area contributed by atoms with Gasteiger partial charge in [-0.3, -0.25) is 9.59 Å². The number of aliphatic carboxylic acids is 2. The summed E-state index contributed by atoms with van der Waals surface area (Å²) in [5, 5.41) is 27.0. The number of nitrogens with zero attached hydrogens (tertiary/aromatic N) is 2. The lowest BCUT2D eigenvalue weighted by atomic mass is 9.81. The van der Waals surface area contributed by atoms with Crippen molar-refractivity contribution in [1.82, 2.24) is 10.3 Å². The Morgan fingerprint density at radius 1 is 0.926 bits per heavy atom. The van der Waals surface area contributed by atoms with Gasteiger partial charge in [-0.15, -0.1) is 0 Å². The lowest BCUT2D eigenvalue weighted by molar-refractivity contribution is -0.147. The molecule has 140 valence electrons. The molecule has 3 aromatic rings. The van der Waals surface area contributed by atoms with E-state index in [2.05, 4.69) is 14.9 Å². The number of methoxy groups -OCH3 is 2. The molecule has 0 spiro atoms. The molecule has 0 fully saturated rings. The van der Waals surface area contributed by atoms with Gasteiger partial charge in [0.1, 0.15) is 28.5 Å². The first kappa shape index (κ1) is 18.2. The topological polar surface area (TPSA) is 132 Å². The normalized spacial score (nSPS) is 13.1. The lowest BCUT2D eigenvalue weighted by Gasteiger charge is -2.23. The molecule has 9 nitrogen and oxygen atoms in total. The molecule has 0 radical (unpaired) electrons. The minimum absolute atomic E-state index is 0.219. The van der Waals surface area contributed by atoms with Crippen LogP contribution in [0.3, 0.4) is 0 Å². The first-order chi connectivity index (χ1) is 13.0. The average Bonchev–Trinajstić information content (AvgIpc) is 3.12. The van der Waals surface area contributed by atoms with Crippen LogP contribution in [0.2, 0.25) is 0 Å². The number of ether oxygens (including phenoxy) is 2. The van der Waals surface area contributed by atoms with Gasteiger partial charge in [0.25, 0.3) is 0 Å². The third-order valence-corrected chi connectivity index (χ3v) is 4.28. The van der Waals surface area contributed by atoms with Crippen molar-refractivity contribution in [3.05, 3.63) is 47.5 Å². The first-order valence-electron chi connectivity index (χ1n) is 7.86. The summed E-state index contributed by atoms with van der Waals surface area (Å²) in [6.45, 7) is 0. The van der Waals surface area contributed by atoms with E-state index in [-0.39, 0.29) is 16.9 Å². The Morgan fingerprint density at radius 2 is 1.63 bits per heavy atom. The number of fused-ring (bicyclic) bond motifs is 1. The van der Waals surface area contributed by atoms with Gasteiger partial charge < -0.3 is 19.7 Å². The summed E-state index contributed by atoms with van der Waals surface area (Å²) in [6, 6.07) is 9.03. The number of benzene rings is 2.